The van der Waals surface area contributed by atoms with Crippen LogP contribution in [-0.4, -0.2) is 33.1 Å². The van der Waals surface area contributed by atoms with Crippen molar-refractivity contribution in [3.8, 4) is 11.4 Å². The molecule has 0 saturated heterocycles. The van der Waals surface area contributed by atoms with Gasteiger partial charge in [0.15, 0.2) is 5.65 Å². The molecule has 3 N–H and O–H groups in total. The highest BCUT2D eigenvalue weighted by Gasteiger charge is 2.25. The van der Waals surface area contributed by atoms with Crippen molar-refractivity contribution < 1.29 is 9.53 Å². The molecule has 190 valence electrons. The van der Waals surface area contributed by atoms with Crippen molar-refractivity contribution in [2.24, 2.45) is 5.92 Å². The summed E-state index contributed by atoms with van der Waals surface area (Å²) in [6, 6.07) is 15.4. The first-order chi connectivity index (χ1) is 17.4. The van der Waals surface area contributed by atoms with E-state index < -0.39 is 0 Å². The van der Waals surface area contributed by atoms with E-state index in [0.29, 0.717) is 35.1 Å². The first kappa shape index (κ1) is 25.5. The number of fused-ring (bicyclic) bond motifs is 2. The Hall–Kier alpha value is -3.61. The summed E-state index contributed by atoms with van der Waals surface area (Å²) in [4.78, 5) is 23.2. The quantitative estimate of drug-likeness (QED) is 0.243. The molecule has 0 aliphatic heterocycles. The monoisotopic (exact) mass is 487 g/mol. The third-order valence-corrected chi connectivity index (χ3v) is 6.38. The molecule has 0 spiro atoms. The number of nitrogens with two attached hydrogens (primary N) is 1. The number of ether oxygens (including phenoxy) is 1. The van der Waals surface area contributed by atoms with Crippen molar-refractivity contribution in [2.45, 2.75) is 65.8 Å². The van der Waals surface area contributed by atoms with E-state index in [2.05, 4.69) is 26.1 Å². The first-order valence-corrected chi connectivity index (χ1v) is 13.0. The number of unbranched alkanes of at least 4 members (excludes halogenated alkanes) is 1. The van der Waals surface area contributed by atoms with Crippen LogP contribution in [0.2, 0.25) is 0 Å². The van der Waals surface area contributed by atoms with Crippen LogP contribution >= 0.6 is 0 Å². The number of rotatable bonds is 11. The number of nitrogens with one attached hydrogen (secondary N) is 1. The molecule has 0 aliphatic rings. The van der Waals surface area contributed by atoms with E-state index in [1.165, 1.54) is 0 Å². The Balaban J connectivity index is 1.72. The fourth-order valence-corrected chi connectivity index (χ4v) is 4.37. The molecule has 0 bridgehead atoms. The van der Waals surface area contributed by atoms with Gasteiger partial charge in [0.25, 0.3) is 5.91 Å². The minimum atomic E-state index is -0.225. The molecule has 4 rings (SSSR count). The first-order valence-electron chi connectivity index (χ1n) is 13.0. The maximum atomic E-state index is 13.5. The number of amides is 1. The van der Waals surface area contributed by atoms with Gasteiger partial charge in [-0.05, 0) is 62.1 Å². The number of benzene rings is 2. The van der Waals surface area contributed by atoms with Gasteiger partial charge in [-0.2, -0.15) is 0 Å². The number of aromatic nitrogens is 3. The van der Waals surface area contributed by atoms with E-state index in [1.54, 1.807) is 0 Å². The average Bonchev–Trinajstić information content (AvgIpc) is 3.13. The van der Waals surface area contributed by atoms with Crippen LogP contribution in [0.1, 0.15) is 70.2 Å². The van der Waals surface area contributed by atoms with Crippen LogP contribution in [0.3, 0.4) is 0 Å². The second-order valence-corrected chi connectivity index (χ2v) is 9.88. The Morgan fingerprint density at radius 2 is 1.69 bits per heavy atom. The largest absolute Gasteiger partial charge is 0.494 e. The van der Waals surface area contributed by atoms with Crippen molar-refractivity contribution in [2.75, 3.05) is 12.3 Å². The van der Waals surface area contributed by atoms with E-state index in [1.807, 2.05) is 60.0 Å². The minimum Gasteiger partial charge on any atom is -0.494 e. The zero-order chi connectivity index (χ0) is 25.7. The van der Waals surface area contributed by atoms with Crippen molar-refractivity contribution in [1.29, 1.82) is 0 Å². The lowest BCUT2D eigenvalue weighted by Gasteiger charge is -2.15. The predicted molar refractivity (Wildman–Crippen MR) is 147 cm³/mol. The van der Waals surface area contributed by atoms with E-state index in [-0.39, 0.29) is 11.9 Å². The third kappa shape index (κ3) is 5.61. The van der Waals surface area contributed by atoms with Crippen LogP contribution in [0.25, 0.3) is 27.9 Å². The molecule has 0 radical (unpaired) electrons. The molecule has 2 aromatic carbocycles. The summed E-state index contributed by atoms with van der Waals surface area (Å²) in [5.74, 6) is 1.55. The molecule has 1 amide bonds. The summed E-state index contributed by atoms with van der Waals surface area (Å²) in [5, 5.41) is 3.13. The van der Waals surface area contributed by atoms with Crippen LogP contribution in [-0.2, 0) is 0 Å². The molecule has 36 heavy (non-hydrogen) atoms. The summed E-state index contributed by atoms with van der Waals surface area (Å²) in [6.07, 6.45) is 5.20. The topological polar surface area (TPSA) is 95.1 Å². The van der Waals surface area contributed by atoms with E-state index in [9.17, 15) is 4.79 Å². The molecule has 7 nitrogen and oxygen atoms in total. The Morgan fingerprint density at radius 3 is 2.36 bits per heavy atom. The Bertz CT molecular complexity index is 1330. The third-order valence-electron chi connectivity index (χ3n) is 6.38. The number of carbonyl (C=O) groups excluding carboxylic acids is 1. The van der Waals surface area contributed by atoms with Crippen molar-refractivity contribution in [3.63, 3.8) is 0 Å². The summed E-state index contributed by atoms with van der Waals surface area (Å²) in [7, 11) is 0. The van der Waals surface area contributed by atoms with Crippen molar-refractivity contribution >= 4 is 33.9 Å². The summed E-state index contributed by atoms with van der Waals surface area (Å²) in [6.45, 7) is 9.28. The Kier molecular flexibility index (Phi) is 8.08. The fourth-order valence-electron chi connectivity index (χ4n) is 4.37. The van der Waals surface area contributed by atoms with Gasteiger partial charge in [-0.3, -0.25) is 9.36 Å². The van der Waals surface area contributed by atoms with Crippen molar-refractivity contribution in [1.82, 2.24) is 19.9 Å². The van der Waals surface area contributed by atoms with Gasteiger partial charge in [-0.15, -0.1) is 0 Å². The highest BCUT2D eigenvalue weighted by molar-refractivity contribution is 6.11. The number of hydrogen-bond acceptors (Lipinski definition) is 5. The number of nitrogen functional groups attached to an aromatic ring is 1. The van der Waals surface area contributed by atoms with Gasteiger partial charge in [-0.1, -0.05) is 52.2 Å². The molecule has 0 saturated carbocycles. The molecule has 2 aromatic heterocycles. The van der Waals surface area contributed by atoms with Crippen LogP contribution in [0, 0.1) is 5.92 Å². The zero-order valence-electron chi connectivity index (χ0n) is 21.8. The van der Waals surface area contributed by atoms with Crippen LogP contribution in [0.15, 0.2) is 48.5 Å². The number of carbonyl (C=O) groups is 1. The van der Waals surface area contributed by atoms with Crippen LogP contribution in [0.4, 0.5) is 5.82 Å². The lowest BCUT2D eigenvalue weighted by atomic mass is 10.0. The summed E-state index contributed by atoms with van der Waals surface area (Å²) < 4.78 is 7.62. The van der Waals surface area contributed by atoms with Gasteiger partial charge in [-0.25, -0.2) is 9.97 Å². The van der Waals surface area contributed by atoms with E-state index in [4.69, 9.17) is 20.4 Å². The fraction of sp³-hybridized carbons (Fsp3) is 0.414. The highest BCUT2D eigenvalue weighted by atomic mass is 16.5. The van der Waals surface area contributed by atoms with E-state index >= 15 is 0 Å². The van der Waals surface area contributed by atoms with Gasteiger partial charge in [0, 0.05) is 11.7 Å². The van der Waals surface area contributed by atoms with E-state index in [0.717, 1.165) is 54.6 Å². The van der Waals surface area contributed by atoms with Gasteiger partial charge >= 0.3 is 0 Å². The van der Waals surface area contributed by atoms with Gasteiger partial charge < -0.3 is 15.8 Å². The number of para-hydroxylation sites is 2. The van der Waals surface area contributed by atoms with Gasteiger partial charge in [0.1, 0.15) is 22.6 Å². The second kappa shape index (κ2) is 11.4. The molecular formula is C29H37N5O2. The summed E-state index contributed by atoms with van der Waals surface area (Å²) >= 11 is 0. The molecule has 4 aromatic rings. The smallest absolute Gasteiger partial charge is 0.257 e. The molecule has 0 unspecified atom stereocenters. The Labute approximate surface area is 213 Å². The average molecular weight is 488 g/mol. The lowest BCUT2D eigenvalue weighted by molar-refractivity contribution is 0.0940. The predicted octanol–water partition coefficient (Wildman–Crippen LogP) is 6.28. The molecule has 0 fully saturated rings. The standard InChI is InChI=1S/C29H37N5O2/c1-5-6-18-36-22-16-14-21(15-17-22)34-27(30)25(29(35)31-20(4)11-9-10-19(2)3)26-28(34)33-24-13-8-7-12-23(24)32-26/h7-8,12-17,19-20H,5-6,9-11,18,30H2,1-4H3,(H,31,35)/t20-/m1/s1. The lowest BCUT2D eigenvalue weighted by Crippen LogP contribution is -2.33. The molecular weight excluding hydrogens is 450 g/mol. The maximum absolute atomic E-state index is 13.5. The number of nitrogens with zero attached hydrogens (tertiary/aromatic N) is 3. The minimum absolute atomic E-state index is 0.0296. The second-order valence-electron chi connectivity index (χ2n) is 9.88. The molecule has 7 heteroatoms. The molecule has 2 heterocycles. The van der Waals surface area contributed by atoms with Gasteiger partial charge in [0.2, 0.25) is 0 Å². The highest BCUT2D eigenvalue weighted by Crippen LogP contribution is 2.31. The number of hydrogen-bond donors (Lipinski definition) is 2. The molecule has 0 aliphatic carbocycles. The van der Waals surface area contributed by atoms with Crippen LogP contribution < -0.4 is 15.8 Å². The number of anilines is 1. The zero-order valence-corrected chi connectivity index (χ0v) is 21.8. The maximum Gasteiger partial charge on any atom is 0.257 e. The molecule has 1 atom stereocenters. The van der Waals surface area contributed by atoms with Gasteiger partial charge in [0.05, 0.1) is 17.6 Å². The summed E-state index contributed by atoms with van der Waals surface area (Å²) in [5.41, 5.74) is 10.3. The SMILES string of the molecule is CCCCOc1ccc(-n2c(N)c(C(=O)N[C@H](C)CCCC(C)C)c3nc4ccccc4nc32)cc1. The van der Waals surface area contributed by atoms with Crippen LogP contribution in [0.5, 0.6) is 5.75 Å². The normalized spacial score (nSPS) is 12.4. The Morgan fingerprint density at radius 1 is 1.00 bits per heavy atom. The van der Waals surface area contributed by atoms with Crippen molar-refractivity contribution in [3.05, 3.63) is 54.1 Å².